The smallest absolute Gasteiger partial charge is 0.410 e. The molecule has 0 unspecified atom stereocenters. The van der Waals surface area contributed by atoms with E-state index in [1.54, 1.807) is 20.0 Å². The van der Waals surface area contributed by atoms with Gasteiger partial charge in [0.2, 0.25) is 10.0 Å². The van der Waals surface area contributed by atoms with Gasteiger partial charge in [0, 0.05) is 19.7 Å². The number of aromatic nitrogens is 4. The Morgan fingerprint density at radius 1 is 1.30 bits per heavy atom. The molecule has 0 radical (unpaired) electrons. The molecule has 1 aromatic carbocycles. The third-order valence-electron chi connectivity index (χ3n) is 3.90. The van der Waals surface area contributed by atoms with Gasteiger partial charge in [-0.05, 0) is 31.2 Å². The Morgan fingerprint density at radius 2 is 2.07 bits per heavy atom. The van der Waals surface area contributed by atoms with Crippen molar-refractivity contribution in [3.8, 4) is 17.1 Å². The van der Waals surface area contributed by atoms with Crippen LogP contribution in [0.3, 0.4) is 0 Å². The number of halogens is 1. The Kier molecular flexibility index (Phi) is 5.96. The fourth-order valence-electron chi connectivity index (χ4n) is 2.68. The van der Waals surface area contributed by atoms with Crippen LogP contribution in [0.5, 0.6) is 5.75 Å². The van der Waals surface area contributed by atoms with Gasteiger partial charge in [-0.15, -0.1) is 5.10 Å². The summed E-state index contributed by atoms with van der Waals surface area (Å²) >= 11 is 0. The van der Waals surface area contributed by atoms with E-state index < -0.39 is 21.9 Å². The average Bonchev–Trinajstić information content (AvgIpc) is 3.03. The molecule has 0 fully saturated rings. The Labute approximate surface area is 172 Å². The van der Waals surface area contributed by atoms with Gasteiger partial charge in [0.15, 0.2) is 11.5 Å². The summed E-state index contributed by atoms with van der Waals surface area (Å²) in [5.41, 5.74) is 0.945. The van der Waals surface area contributed by atoms with Crippen molar-refractivity contribution >= 4 is 27.6 Å². The van der Waals surface area contributed by atoms with Crippen LogP contribution in [0.1, 0.15) is 6.92 Å². The van der Waals surface area contributed by atoms with E-state index in [-0.39, 0.29) is 18.0 Å². The molecule has 2 aromatic heterocycles. The minimum atomic E-state index is -3.44. The number of nitrogens with zero attached hydrogens (tertiary/aromatic N) is 5. The summed E-state index contributed by atoms with van der Waals surface area (Å²) in [6.07, 6.45) is 1.62. The summed E-state index contributed by atoms with van der Waals surface area (Å²) in [7, 11) is -1.84. The lowest BCUT2D eigenvalue weighted by atomic mass is 10.2. The third-order valence-corrected chi connectivity index (χ3v) is 4.51. The molecule has 0 aliphatic heterocycles. The average molecular weight is 434 g/mol. The molecular formula is C18H19FN6O4S. The minimum Gasteiger partial charge on any atom is -0.410 e. The number of anilines is 2. The molecule has 0 aliphatic carbocycles. The number of amides is 1. The molecule has 10 nitrogen and oxygen atoms in total. The van der Waals surface area contributed by atoms with Crippen molar-refractivity contribution in [1.29, 1.82) is 0 Å². The first-order valence-electron chi connectivity index (χ1n) is 8.76. The first-order chi connectivity index (χ1) is 14.2. The van der Waals surface area contributed by atoms with Crippen LogP contribution in [0.4, 0.5) is 20.7 Å². The molecule has 0 aliphatic rings. The summed E-state index contributed by atoms with van der Waals surface area (Å²) in [4.78, 5) is 18.2. The zero-order valence-electron chi connectivity index (χ0n) is 16.4. The second kappa shape index (κ2) is 8.45. The van der Waals surface area contributed by atoms with E-state index in [2.05, 4.69) is 20.0 Å². The van der Waals surface area contributed by atoms with E-state index in [1.807, 2.05) is 0 Å². The predicted molar refractivity (Wildman–Crippen MR) is 108 cm³/mol. The summed E-state index contributed by atoms with van der Waals surface area (Å²) in [6, 6.07) is 8.30. The van der Waals surface area contributed by atoms with Crippen LogP contribution in [0.2, 0.25) is 0 Å². The number of rotatable bonds is 6. The van der Waals surface area contributed by atoms with E-state index in [0.717, 1.165) is 12.3 Å². The molecule has 0 spiro atoms. The quantitative estimate of drug-likeness (QED) is 0.633. The lowest BCUT2D eigenvalue weighted by molar-refractivity contribution is 0.207. The molecule has 0 saturated carbocycles. The standard InChI is InChI=1S/C18H19FN6O4S/c1-4-25(18(26)29-14-7-5-6-12(19)10-14)17-16(21-23-24(17)2)15-9-8-13(11-20-15)22-30(3,27)28/h5-11,22H,4H2,1-3H3. The molecule has 0 atom stereocenters. The molecule has 158 valence electrons. The maximum Gasteiger partial charge on any atom is 0.420 e. The van der Waals surface area contributed by atoms with Crippen LogP contribution >= 0.6 is 0 Å². The molecule has 0 bridgehead atoms. The molecule has 0 saturated heterocycles. The number of carbonyl (C=O) groups is 1. The highest BCUT2D eigenvalue weighted by atomic mass is 32.2. The highest BCUT2D eigenvalue weighted by Gasteiger charge is 2.26. The zero-order chi connectivity index (χ0) is 21.9. The first kappa shape index (κ1) is 21.2. The van der Waals surface area contributed by atoms with Crippen LogP contribution in [0.25, 0.3) is 11.4 Å². The largest absolute Gasteiger partial charge is 0.420 e. The van der Waals surface area contributed by atoms with Gasteiger partial charge in [-0.2, -0.15) is 0 Å². The Bertz CT molecular complexity index is 1160. The summed E-state index contributed by atoms with van der Waals surface area (Å²) in [5, 5.41) is 8.02. The van der Waals surface area contributed by atoms with E-state index in [1.165, 1.54) is 40.0 Å². The monoisotopic (exact) mass is 434 g/mol. The Hall–Kier alpha value is -3.54. The summed E-state index contributed by atoms with van der Waals surface area (Å²) < 4.78 is 45.0. The fraction of sp³-hybridized carbons (Fsp3) is 0.222. The summed E-state index contributed by atoms with van der Waals surface area (Å²) in [5.74, 6) is -0.155. The number of benzene rings is 1. The maximum absolute atomic E-state index is 13.4. The topological polar surface area (TPSA) is 119 Å². The Morgan fingerprint density at radius 3 is 2.67 bits per heavy atom. The van der Waals surface area contributed by atoms with E-state index >= 15 is 0 Å². The van der Waals surface area contributed by atoms with Crippen molar-refractivity contribution in [2.45, 2.75) is 6.92 Å². The minimum absolute atomic E-state index is 0.0597. The highest BCUT2D eigenvalue weighted by molar-refractivity contribution is 7.92. The Balaban J connectivity index is 1.90. The van der Waals surface area contributed by atoms with Crippen LogP contribution in [0, 0.1) is 5.82 Å². The van der Waals surface area contributed by atoms with Crippen molar-refractivity contribution in [3.05, 3.63) is 48.4 Å². The maximum atomic E-state index is 13.4. The molecule has 3 rings (SSSR count). The molecule has 12 heteroatoms. The van der Waals surface area contributed by atoms with Gasteiger partial charge >= 0.3 is 6.09 Å². The highest BCUT2D eigenvalue weighted by Crippen LogP contribution is 2.28. The van der Waals surface area contributed by atoms with Crippen molar-refractivity contribution in [3.63, 3.8) is 0 Å². The number of aryl methyl sites for hydroxylation is 1. The fourth-order valence-corrected chi connectivity index (χ4v) is 3.23. The van der Waals surface area contributed by atoms with Gasteiger partial charge < -0.3 is 4.74 Å². The van der Waals surface area contributed by atoms with Gasteiger partial charge in [0.25, 0.3) is 0 Å². The molecule has 30 heavy (non-hydrogen) atoms. The number of pyridine rings is 1. The number of nitrogens with one attached hydrogen (secondary N) is 1. The second-order valence-electron chi connectivity index (χ2n) is 6.26. The van der Waals surface area contributed by atoms with Crippen LogP contribution in [-0.4, -0.2) is 47.3 Å². The number of sulfonamides is 1. The van der Waals surface area contributed by atoms with E-state index in [9.17, 15) is 17.6 Å². The van der Waals surface area contributed by atoms with Crippen molar-refractivity contribution in [2.24, 2.45) is 7.05 Å². The zero-order valence-corrected chi connectivity index (χ0v) is 17.2. The number of carbonyl (C=O) groups excluding carboxylic acids is 1. The number of ether oxygens (including phenoxy) is 1. The third kappa shape index (κ3) is 4.89. The molecule has 3 aromatic rings. The van der Waals surface area contributed by atoms with Crippen LogP contribution in [-0.2, 0) is 17.1 Å². The summed E-state index contributed by atoms with van der Waals surface area (Å²) in [6.45, 7) is 1.95. The van der Waals surface area contributed by atoms with Gasteiger partial charge in [0.1, 0.15) is 11.6 Å². The van der Waals surface area contributed by atoms with Gasteiger partial charge in [-0.25, -0.2) is 22.3 Å². The lowest BCUT2D eigenvalue weighted by Crippen LogP contribution is -2.35. The first-order valence-corrected chi connectivity index (χ1v) is 10.7. The molecular weight excluding hydrogens is 415 g/mol. The van der Waals surface area contributed by atoms with Crippen LogP contribution < -0.4 is 14.4 Å². The number of hydrogen-bond acceptors (Lipinski definition) is 7. The van der Waals surface area contributed by atoms with Crippen molar-refractivity contribution in [2.75, 3.05) is 22.4 Å². The van der Waals surface area contributed by atoms with Gasteiger partial charge in [-0.3, -0.25) is 14.6 Å². The van der Waals surface area contributed by atoms with E-state index in [0.29, 0.717) is 17.2 Å². The van der Waals surface area contributed by atoms with Gasteiger partial charge in [0.05, 0.1) is 23.8 Å². The molecule has 1 N–H and O–H groups in total. The normalized spacial score (nSPS) is 11.2. The van der Waals surface area contributed by atoms with Crippen LogP contribution in [0.15, 0.2) is 42.6 Å². The van der Waals surface area contributed by atoms with Crippen molar-refractivity contribution in [1.82, 2.24) is 20.0 Å². The van der Waals surface area contributed by atoms with Gasteiger partial charge in [-0.1, -0.05) is 11.3 Å². The second-order valence-corrected chi connectivity index (χ2v) is 8.01. The molecule has 1 amide bonds. The SMILES string of the molecule is CCN(C(=O)Oc1cccc(F)c1)c1c(-c2ccc(NS(C)(=O)=O)cn2)nnn1C. The predicted octanol–water partition coefficient (Wildman–Crippen LogP) is 2.41. The van der Waals surface area contributed by atoms with E-state index in [4.69, 9.17) is 4.74 Å². The number of hydrogen-bond donors (Lipinski definition) is 1. The lowest BCUT2D eigenvalue weighted by Gasteiger charge is -2.20. The molecule has 2 heterocycles. The van der Waals surface area contributed by atoms with Crippen molar-refractivity contribution < 1.29 is 22.3 Å².